The fourth-order valence-electron chi connectivity index (χ4n) is 12.0. The van der Waals surface area contributed by atoms with Crippen LogP contribution in [0.2, 0.25) is 0 Å². The number of ether oxygens (including phenoxy) is 6. The molecule has 4 aromatic carbocycles. The van der Waals surface area contributed by atoms with E-state index in [0.717, 1.165) is 0 Å². The van der Waals surface area contributed by atoms with E-state index < -0.39 is 191 Å². The van der Waals surface area contributed by atoms with Gasteiger partial charge in [-0.15, -0.1) is 0 Å². The van der Waals surface area contributed by atoms with Gasteiger partial charge in [-0.25, -0.2) is 5.43 Å². The van der Waals surface area contributed by atoms with Crippen LogP contribution in [0.4, 0.5) is 0 Å². The smallest absolute Gasteiger partial charge is 0.202 e. The van der Waals surface area contributed by atoms with E-state index in [9.17, 15) is 79.8 Å². The molecule has 2 aliphatic heterocycles. The molecule has 8 unspecified atom stereocenters. The normalized spacial score (nSPS) is 29.9. The third-order valence-electron chi connectivity index (χ3n) is 16.1. The summed E-state index contributed by atoms with van der Waals surface area (Å²) in [5.74, 6) is -8.84. The SMILES string of the molecule is COc1cccc2c1C(=O)c1c(O)c3c(c(O)c1C2=O)C[C@@](O)(C(=O)CO)C[C@@H]3OC1CC(NN(I)C2CC(O[C@H]3C[C@](O)(C(=O)CO)Cc4c(O)c5c(c(O)c43)C(=O)c3c(OC)cccc3C5=O)OC(C)C2O)C(O)C(C)O1. The Bertz CT molecular complexity index is 3280. The molecule has 2 heterocycles. The Morgan fingerprint density at radius 2 is 1.04 bits per heavy atom. The molecule has 6 aliphatic rings. The summed E-state index contributed by atoms with van der Waals surface area (Å²) in [6.07, 6.45) is -13.8. The third kappa shape index (κ3) is 8.98. The van der Waals surface area contributed by atoms with E-state index in [-0.39, 0.29) is 68.8 Å². The second kappa shape index (κ2) is 20.8. The van der Waals surface area contributed by atoms with Gasteiger partial charge in [-0.1, -0.05) is 24.3 Å². The fourth-order valence-corrected chi connectivity index (χ4v) is 12.9. The van der Waals surface area contributed by atoms with Crippen LogP contribution in [-0.2, 0) is 41.4 Å². The summed E-state index contributed by atoms with van der Waals surface area (Å²) < 4.78 is 37.1. The number of hydrogen-bond donors (Lipinski definition) is 11. The van der Waals surface area contributed by atoms with Gasteiger partial charge in [-0.05, 0) is 26.0 Å². The van der Waals surface area contributed by atoms with Gasteiger partial charge in [0.25, 0.3) is 0 Å². The highest BCUT2D eigenvalue weighted by Gasteiger charge is 2.53. The van der Waals surface area contributed by atoms with Crippen LogP contribution in [0.15, 0.2) is 36.4 Å². The molecule has 24 nitrogen and oxygen atoms in total. The second-order valence-electron chi connectivity index (χ2n) is 20.6. The average Bonchev–Trinajstić information content (AvgIpc) is 3.46. The Kier molecular flexibility index (Phi) is 14.8. The molecule has 0 radical (unpaired) electrons. The van der Waals surface area contributed by atoms with Gasteiger partial charge in [0.05, 0.1) is 96.3 Å². The molecule has 10 rings (SSSR count). The average molecular weight is 1210 g/mol. The molecule has 420 valence electrons. The molecule has 0 bridgehead atoms. The molecule has 0 spiro atoms. The summed E-state index contributed by atoms with van der Waals surface area (Å²) in [6, 6.07) is 6.46. The second-order valence-corrected chi connectivity index (χ2v) is 21.6. The first-order valence-electron chi connectivity index (χ1n) is 25.1. The molecule has 0 aromatic heterocycles. The van der Waals surface area contributed by atoms with E-state index >= 15 is 0 Å². The highest BCUT2D eigenvalue weighted by molar-refractivity contribution is 14.1. The number of fused-ring (bicyclic) bond motifs is 6. The maximum atomic E-state index is 14.2. The molecule has 0 saturated carbocycles. The standard InChI is InChI=1S/C54H55IN2O22/c1-19-43(62)25(11-33(76-19)78-29-15-53(72,31(60)17-58)13-23-37(29)51(70)41-39(47(23)66)45(64)21-7-5-9-27(74-3)35(21)49(41)68)56-57(55)26-12-34(77-20(2)44(26)63)79-30-16-54(73,32(61)18-59)14-24-38(30)52(71)42-40(48(24)67)46(65)22-8-6-10-28(75-4)36(22)50(42)69/h5-10,19-20,25-26,29-30,33-34,43-44,56,58-59,62-63,66-67,70-73H,11-18H2,1-4H3/t19?,20?,25?,26?,29-,30-,33?,34?,43?,44?,53-,54-/m0/s1. The van der Waals surface area contributed by atoms with Crippen molar-refractivity contribution in [2.45, 2.75) is 125 Å². The quantitative estimate of drug-likeness (QED) is 0.0335. The van der Waals surface area contributed by atoms with E-state index in [0.29, 0.717) is 0 Å². The molecule has 11 N–H and O–H groups in total. The molecule has 4 aromatic rings. The first kappa shape index (κ1) is 56.2. The largest absolute Gasteiger partial charge is 0.507 e. The highest BCUT2D eigenvalue weighted by atomic mass is 127. The predicted octanol–water partition coefficient (Wildman–Crippen LogP) is 1.26. The number of aromatic hydroxyl groups is 4. The number of aliphatic hydroxyl groups excluding tert-OH is 4. The van der Waals surface area contributed by atoms with Crippen LogP contribution in [0.3, 0.4) is 0 Å². The number of halogens is 1. The molecular formula is C54H55IN2O22. The van der Waals surface area contributed by atoms with Gasteiger partial charge in [0.2, 0.25) is 11.6 Å². The summed E-state index contributed by atoms with van der Waals surface area (Å²) in [6.45, 7) is 0.721. The number of nitrogens with zero attached hydrogens (tertiary/aromatic N) is 1. The number of phenols is 4. The van der Waals surface area contributed by atoms with Crippen molar-refractivity contribution in [3.05, 3.63) is 103 Å². The lowest BCUT2D eigenvalue weighted by Gasteiger charge is -2.46. The molecule has 79 heavy (non-hydrogen) atoms. The highest BCUT2D eigenvalue weighted by Crippen LogP contribution is 2.55. The van der Waals surface area contributed by atoms with Crippen LogP contribution in [-0.4, -0.2) is 177 Å². The molecule has 12 atom stereocenters. The summed E-state index contributed by atoms with van der Waals surface area (Å²) >= 11 is 1.83. The van der Waals surface area contributed by atoms with Crippen molar-refractivity contribution in [2.75, 3.05) is 27.4 Å². The zero-order valence-electron chi connectivity index (χ0n) is 42.6. The lowest BCUT2D eigenvalue weighted by Crippen LogP contribution is -2.62. The number of carbonyl (C=O) groups is 6. The number of hydrogen-bond acceptors (Lipinski definition) is 24. The van der Waals surface area contributed by atoms with Crippen molar-refractivity contribution in [3.63, 3.8) is 0 Å². The topological polar surface area (TPSA) is 375 Å². The zero-order chi connectivity index (χ0) is 57.1. The van der Waals surface area contributed by atoms with Gasteiger partial charge < -0.3 is 79.5 Å². The van der Waals surface area contributed by atoms with Crippen LogP contribution in [0.1, 0.15) is 138 Å². The summed E-state index contributed by atoms with van der Waals surface area (Å²) in [4.78, 5) is 82.8. The predicted molar refractivity (Wildman–Crippen MR) is 274 cm³/mol. The van der Waals surface area contributed by atoms with Crippen molar-refractivity contribution in [2.24, 2.45) is 0 Å². The van der Waals surface area contributed by atoms with Crippen LogP contribution in [0.5, 0.6) is 34.5 Å². The number of benzene rings is 4. The Labute approximate surface area is 462 Å². The number of hydrazine groups is 1. The minimum Gasteiger partial charge on any atom is -0.507 e. The van der Waals surface area contributed by atoms with Crippen LogP contribution >= 0.6 is 22.9 Å². The van der Waals surface area contributed by atoms with Gasteiger partial charge >= 0.3 is 0 Å². The lowest BCUT2D eigenvalue weighted by molar-refractivity contribution is -0.261. The van der Waals surface area contributed by atoms with Crippen molar-refractivity contribution >= 4 is 57.6 Å². The van der Waals surface area contributed by atoms with Crippen LogP contribution in [0.25, 0.3) is 0 Å². The maximum absolute atomic E-state index is 14.2. The number of rotatable bonds is 13. The molecule has 0 amide bonds. The zero-order valence-corrected chi connectivity index (χ0v) is 44.7. The summed E-state index contributed by atoms with van der Waals surface area (Å²) in [5.41, 5.74) is -5.87. The van der Waals surface area contributed by atoms with Gasteiger partial charge in [0.1, 0.15) is 58.9 Å². The van der Waals surface area contributed by atoms with Gasteiger partial charge in [-0.3, -0.25) is 28.8 Å². The van der Waals surface area contributed by atoms with Gasteiger partial charge in [-0.2, -0.15) is 3.22 Å². The molecule has 2 saturated heterocycles. The van der Waals surface area contributed by atoms with Gasteiger partial charge in [0.15, 0.2) is 35.7 Å². The van der Waals surface area contributed by atoms with Crippen LogP contribution in [0, 0.1) is 0 Å². The van der Waals surface area contributed by atoms with E-state index in [4.69, 9.17) is 28.4 Å². The number of Topliss-reactive ketones (excluding diaryl/α,β-unsaturated/α-hetero) is 2. The Morgan fingerprint density at radius 3 is 1.46 bits per heavy atom. The van der Waals surface area contributed by atoms with Gasteiger partial charge in [0, 0.05) is 94.8 Å². The lowest BCUT2D eigenvalue weighted by atomic mass is 9.72. The Hall–Kier alpha value is -6.05. The Balaban J connectivity index is 0.927. The Morgan fingerprint density at radius 1 is 0.633 bits per heavy atom. The number of methoxy groups -OCH3 is 2. The molecule has 2 fully saturated rings. The van der Waals surface area contributed by atoms with Crippen molar-refractivity contribution < 1.29 is 108 Å². The first-order valence-corrected chi connectivity index (χ1v) is 26.1. The molecule has 4 aliphatic carbocycles. The summed E-state index contributed by atoms with van der Waals surface area (Å²) in [5, 5.41) is 114. The first-order chi connectivity index (χ1) is 37.4. The number of phenolic OH excluding ortho intramolecular Hbond substituents is 4. The van der Waals surface area contributed by atoms with Crippen molar-refractivity contribution in [3.8, 4) is 34.5 Å². The van der Waals surface area contributed by atoms with E-state index in [1.807, 2.05) is 22.9 Å². The van der Waals surface area contributed by atoms with E-state index in [1.165, 1.54) is 67.7 Å². The maximum Gasteiger partial charge on any atom is 0.202 e. The number of aliphatic hydroxyl groups is 6. The monoisotopic (exact) mass is 1210 g/mol. The van der Waals surface area contributed by atoms with Crippen molar-refractivity contribution in [1.82, 2.24) is 8.65 Å². The number of nitrogens with one attached hydrogen (secondary N) is 1. The van der Waals surface area contributed by atoms with E-state index in [2.05, 4.69) is 5.43 Å². The summed E-state index contributed by atoms with van der Waals surface area (Å²) in [7, 11) is 2.56. The van der Waals surface area contributed by atoms with Crippen molar-refractivity contribution in [1.29, 1.82) is 0 Å². The van der Waals surface area contributed by atoms with E-state index in [1.54, 1.807) is 0 Å². The fraction of sp³-hybridized carbons (Fsp3) is 0.444. The molecule has 25 heteroatoms. The molecular weight excluding hydrogens is 1160 g/mol. The third-order valence-corrected chi connectivity index (χ3v) is 17.1. The minimum atomic E-state index is -2.44. The number of ketones is 6. The minimum absolute atomic E-state index is 0.0111. The van der Waals surface area contributed by atoms with Crippen LogP contribution < -0.4 is 14.9 Å². The number of carbonyl (C=O) groups excluding carboxylic acids is 6.